The minimum Gasteiger partial charge on any atom is -0.489 e. The molecule has 8 heteroatoms. The van der Waals surface area contributed by atoms with E-state index in [1.807, 2.05) is 30.3 Å². The number of nitriles is 1. The lowest BCUT2D eigenvalue weighted by Crippen LogP contribution is -2.47. The van der Waals surface area contributed by atoms with Crippen molar-refractivity contribution in [2.45, 2.75) is 70.8 Å². The Kier molecular flexibility index (Phi) is 8.52. The number of hydrogen-bond donors (Lipinski definition) is 1. The van der Waals surface area contributed by atoms with E-state index in [0.717, 1.165) is 0 Å². The first-order chi connectivity index (χ1) is 16.5. The molecule has 1 unspecified atom stereocenters. The number of benzene rings is 2. The van der Waals surface area contributed by atoms with Gasteiger partial charge in [-0.25, -0.2) is 4.79 Å². The predicted octanol–water partition coefficient (Wildman–Crippen LogP) is 5.53. The van der Waals surface area contributed by atoms with Gasteiger partial charge in [0.05, 0.1) is 17.6 Å². The number of hydrogen-bond acceptors (Lipinski definition) is 6. The number of halogens is 1. The van der Waals surface area contributed by atoms with E-state index < -0.39 is 23.8 Å². The molecule has 0 saturated carbocycles. The zero-order valence-electron chi connectivity index (χ0n) is 20.8. The zero-order chi connectivity index (χ0) is 25.8. The van der Waals surface area contributed by atoms with Crippen LogP contribution in [0.25, 0.3) is 0 Å². The van der Waals surface area contributed by atoms with Crippen molar-refractivity contribution in [1.82, 2.24) is 4.90 Å². The maximum Gasteiger partial charge on any atom is 0.410 e. The van der Waals surface area contributed by atoms with Gasteiger partial charge in [-0.3, -0.25) is 4.90 Å². The van der Waals surface area contributed by atoms with E-state index in [4.69, 9.17) is 25.8 Å². The average Bonchev–Trinajstić information content (AvgIpc) is 3.21. The van der Waals surface area contributed by atoms with Crippen LogP contribution in [-0.2, 0) is 4.74 Å². The summed E-state index contributed by atoms with van der Waals surface area (Å²) in [7, 11) is 0. The molecule has 1 aliphatic rings. The second kappa shape index (κ2) is 11.2. The fraction of sp³-hybridized carbons (Fsp3) is 0.481. The van der Waals surface area contributed by atoms with Crippen molar-refractivity contribution in [3.63, 3.8) is 0 Å². The fourth-order valence-corrected chi connectivity index (χ4v) is 4.16. The summed E-state index contributed by atoms with van der Waals surface area (Å²) in [4.78, 5) is 14.4. The van der Waals surface area contributed by atoms with E-state index in [2.05, 4.69) is 13.8 Å². The quantitative estimate of drug-likeness (QED) is 0.537. The topological polar surface area (TPSA) is 92.0 Å². The molecule has 0 aliphatic carbocycles. The van der Waals surface area contributed by atoms with Gasteiger partial charge >= 0.3 is 6.09 Å². The van der Waals surface area contributed by atoms with Gasteiger partial charge in [-0.1, -0.05) is 43.6 Å². The molecule has 1 amide bonds. The highest BCUT2D eigenvalue weighted by Gasteiger charge is 2.42. The lowest BCUT2D eigenvalue weighted by molar-refractivity contribution is -0.00371. The van der Waals surface area contributed by atoms with Crippen LogP contribution in [-0.4, -0.2) is 53.1 Å². The Balaban J connectivity index is 1.73. The zero-order valence-corrected chi connectivity index (χ0v) is 21.6. The first-order valence-electron chi connectivity index (χ1n) is 11.7. The largest absolute Gasteiger partial charge is 0.489 e. The number of likely N-dealkylation sites (tertiary alicyclic amines) is 1. The molecule has 3 atom stereocenters. The van der Waals surface area contributed by atoms with Crippen molar-refractivity contribution >= 4 is 17.7 Å². The van der Waals surface area contributed by atoms with Crippen LogP contribution in [0.15, 0.2) is 42.5 Å². The van der Waals surface area contributed by atoms with Gasteiger partial charge in [-0.15, -0.1) is 0 Å². The van der Waals surface area contributed by atoms with Crippen LogP contribution in [0.5, 0.6) is 11.5 Å². The summed E-state index contributed by atoms with van der Waals surface area (Å²) >= 11 is 6.07. The lowest BCUT2D eigenvalue weighted by Gasteiger charge is -2.30. The Hall–Kier alpha value is -2.95. The first-order valence-corrected chi connectivity index (χ1v) is 12.1. The SMILES string of the molecule is CC(C)c1ccc(O[C@@H]2C[C@@H](C(O)COc3cccc(Cl)c3C#N)N(C(=O)OC(C)(C)C)C2)cc1. The predicted molar refractivity (Wildman–Crippen MR) is 134 cm³/mol. The molecular weight excluding hydrogens is 468 g/mol. The van der Waals surface area contributed by atoms with Crippen LogP contribution >= 0.6 is 11.6 Å². The Morgan fingerprint density at radius 2 is 1.91 bits per heavy atom. The molecule has 1 N–H and O–H groups in total. The number of carbonyl (C=O) groups excluding carboxylic acids is 1. The number of nitrogens with zero attached hydrogens (tertiary/aromatic N) is 2. The van der Waals surface area contributed by atoms with Gasteiger partial charge in [-0.2, -0.15) is 5.26 Å². The van der Waals surface area contributed by atoms with E-state index in [9.17, 15) is 15.2 Å². The highest BCUT2D eigenvalue weighted by Crippen LogP contribution is 2.30. The van der Waals surface area contributed by atoms with E-state index in [1.54, 1.807) is 39.0 Å². The van der Waals surface area contributed by atoms with Gasteiger partial charge in [0.2, 0.25) is 0 Å². The molecule has 3 rings (SSSR count). The Labute approximate surface area is 212 Å². The number of aliphatic hydroxyl groups is 1. The Morgan fingerprint density at radius 3 is 2.51 bits per heavy atom. The van der Waals surface area contributed by atoms with Gasteiger partial charge in [-0.05, 0) is 56.5 Å². The van der Waals surface area contributed by atoms with Crippen LogP contribution in [0.1, 0.15) is 58.1 Å². The smallest absolute Gasteiger partial charge is 0.410 e. The van der Waals surface area contributed by atoms with Crippen LogP contribution in [0, 0.1) is 11.3 Å². The molecule has 35 heavy (non-hydrogen) atoms. The number of ether oxygens (including phenoxy) is 3. The molecular formula is C27H33ClN2O5. The van der Waals surface area contributed by atoms with E-state index in [1.165, 1.54) is 10.5 Å². The fourth-order valence-electron chi connectivity index (χ4n) is 3.95. The van der Waals surface area contributed by atoms with Crippen molar-refractivity contribution in [2.24, 2.45) is 0 Å². The number of amides is 1. The number of rotatable bonds is 7. The summed E-state index contributed by atoms with van der Waals surface area (Å²) < 4.78 is 17.5. The van der Waals surface area contributed by atoms with E-state index >= 15 is 0 Å². The molecule has 2 aromatic rings. The Morgan fingerprint density at radius 1 is 1.23 bits per heavy atom. The highest BCUT2D eigenvalue weighted by atomic mass is 35.5. The van der Waals surface area contributed by atoms with Crippen molar-refractivity contribution in [1.29, 1.82) is 5.26 Å². The molecule has 0 bridgehead atoms. The summed E-state index contributed by atoms with van der Waals surface area (Å²) in [5, 5.41) is 20.6. The molecule has 1 aliphatic heterocycles. The van der Waals surface area contributed by atoms with Gasteiger partial charge in [0.15, 0.2) is 0 Å². The summed E-state index contributed by atoms with van der Waals surface area (Å²) in [5.74, 6) is 1.39. The molecule has 0 radical (unpaired) electrons. The van der Waals surface area contributed by atoms with Crippen LogP contribution in [0.4, 0.5) is 4.79 Å². The second-order valence-electron chi connectivity index (χ2n) is 10.0. The molecule has 0 aromatic heterocycles. The van der Waals surface area contributed by atoms with Crippen molar-refractivity contribution in [2.75, 3.05) is 13.2 Å². The van der Waals surface area contributed by atoms with Gasteiger partial charge in [0, 0.05) is 6.42 Å². The van der Waals surface area contributed by atoms with Gasteiger partial charge < -0.3 is 19.3 Å². The monoisotopic (exact) mass is 500 g/mol. The first kappa shape index (κ1) is 26.7. The lowest BCUT2D eigenvalue weighted by atomic mass is 10.0. The normalized spacial score (nSPS) is 18.8. The third kappa shape index (κ3) is 7.03. The van der Waals surface area contributed by atoms with Crippen LogP contribution in [0.3, 0.4) is 0 Å². The molecule has 1 saturated heterocycles. The highest BCUT2D eigenvalue weighted by molar-refractivity contribution is 6.31. The summed E-state index contributed by atoms with van der Waals surface area (Å²) in [6.07, 6.45) is -1.49. The third-order valence-electron chi connectivity index (χ3n) is 5.72. The maximum absolute atomic E-state index is 12.9. The number of carbonyl (C=O) groups is 1. The maximum atomic E-state index is 12.9. The van der Waals surface area contributed by atoms with Crippen molar-refractivity contribution in [3.8, 4) is 17.6 Å². The third-order valence-corrected chi connectivity index (χ3v) is 6.04. The van der Waals surface area contributed by atoms with Crippen LogP contribution in [0.2, 0.25) is 5.02 Å². The molecule has 1 fully saturated rings. The van der Waals surface area contributed by atoms with Gasteiger partial charge in [0.1, 0.15) is 47.5 Å². The van der Waals surface area contributed by atoms with E-state index in [0.29, 0.717) is 18.1 Å². The Bertz CT molecular complexity index is 1060. The summed E-state index contributed by atoms with van der Waals surface area (Å²) in [6, 6.07) is 14.2. The molecule has 188 valence electrons. The molecule has 2 aromatic carbocycles. The molecule has 0 spiro atoms. The number of aliphatic hydroxyl groups excluding tert-OH is 1. The van der Waals surface area contributed by atoms with Crippen molar-refractivity contribution < 1.29 is 24.1 Å². The van der Waals surface area contributed by atoms with E-state index in [-0.39, 0.29) is 35.6 Å². The van der Waals surface area contributed by atoms with Gasteiger partial charge in [0.25, 0.3) is 0 Å². The molecule has 7 nitrogen and oxygen atoms in total. The summed E-state index contributed by atoms with van der Waals surface area (Å²) in [6.45, 7) is 9.77. The van der Waals surface area contributed by atoms with Crippen molar-refractivity contribution in [3.05, 3.63) is 58.6 Å². The second-order valence-corrected chi connectivity index (χ2v) is 10.4. The minimum absolute atomic E-state index is 0.130. The summed E-state index contributed by atoms with van der Waals surface area (Å²) in [5.41, 5.74) is 0.724. The average molecular weight is 501 g/mol. The minimum atomic E-state index is -1.04. The van der Waals surface area contributed by atoms with Crippen LogP contribution < -0.4 is 9.47 Å². The molecule has 1 heterocycles. The standard InChI is InChI=1S/C27H33ClN2O5/c1-17(2)18-9-11-19(12-10-18)34-20-13-23(30(15-20)26(32)35-27(3,4)5)24(31)16-33-25-8-6-7-22(28)21(25)14-29/h6-12,17,20,23-24,31H,13,15-16H2,1-5H3/t20-,23+,24?/m1/s1.